The van der Waals surface area contributed by atoms with Crippen LogP contribution in [0.5, 0.6) is 0 Å². The molecule has 7 heteroatoms. The molecule has 0 saturated heterocycles. The highest BCUT2D eigenvalue weighted by atomic mass is 16.1. The number of H-pyrrole nitrogens is 1. The zero-order chi connectivity index (χ0) is 11.4. The van der Waals surface area contributed by atoms with Gasteiger partial charge in [0.2, 0.25) is 11.9 Å². The number of carbonyl (C=O) groups excluding carboxylic acids is 1. The Kier molecular flexibility index (Phi) is 3.06. The summed E-state index contributed by atoms with van der Waals surface area (Å²) in [5.41, 5.74) is 4.84. The van der Waals surface area contributed by atoms with Crippen molar-refractivity contribution in [2.24, 2.45) is 0 Å². The molecule has 0 fully saturated rings. The minimum Gasteiger partial charge on any atom is -0.391 e. The first-order valence-electron chi connectivity index (χ1n) is 4.09. The Labute approximate surface area is 85.4 Å². The van der Waals surface area contributed by atoms with E-state index < -0.39 is 5.56 Å². The van der Waals surface area contributed by atoms with Crippen LogP contribution in [0.25, 0.3) is 0 Å². The van der Waals surface area contributed by atoms with Crippen molar-refractivity contribution < 1.29 is 4.79 Å². The molecule has 7 nitrogen and oxygen atoms in total. The van der Waals surface area contributed by atoms with Crippen molar-refractivity contribution in [1.82, 2.24) is 9.97 Å². The standard InChI is InChI=1S/C8H11N5O2/c1-3-10-6-5(9)7(15)13-8(12-6)11-4(2)14/h3H,1,9H2,2H3,(H3,10,11,12,13,14,15). The lowest BCUT2D eigenvalue weighted by molar-refractivity contribution is -0.114. The van der Waals surface area contributed by atoms with Crippen LogP contribution in [0.4, 0.5) is 17.5 Å². The highest BCUT2D eigenvalue weighted by Gasteiger charge is 2.07. The summed E-state index contributed by atoms with van der Waals surface area (Å²) < 4.78 is 0. The van der Waals surface area contributed by atoms with E-state index in [1.54, 1.807) is 0 Å². The fourth-order valence-electron chi connectivity index (χ4n) is 0.915. The second kappa shape index (κ2) is 4.27. The summed E-state index contributed by atoms with van der Waals surface area (Å²) >= 11 is 0. The molecular formula is C8H11N5O2. The van der Waals surface area contributed by atoms with E-state index >= 15 is 0 Å². The van der Waals surface area contributed by atoms with Crippen molar-refractivity contribution in [2.75, 3.05) is 16.4 Å². The largest absolute Gasteiger partial charge is 0.391 e. The number of aromatic nitrogens is 2. The molecule has 1 heterocycles. The first-order chi connectivity index (χ1) is 7.04. The number of nitrogens with two attached hydrogens (primary N) is 1. The smallest absolute Gasteiger partial charge is 0.277 e. The van der Waals surface area contributed by atoms with Crippen LogP contribution in [0.15, 0.2) is 17.6 Å². The third-order valence-electron chi connectivity index (χ3n) is 1.49. The molecule has 0 bridgehead atoms. The fraction of sp³-hybridized carbons (Fsp3) is 0.125. The first kappa shape index (κ1) is 10.8. The molecule has 0 aliphatic heterocycles. The summed E-state index contributed by atoms with van der Waals surface area (Å²) in [6.45, 7) is 4.71. The van der Waals surface area contributed by atoms with E-state index in [0.29, 0.717) is 0 Å². The number of aromatic amines is 1. The van der Waals surface area contributed by atoms with Gasteiger partial charge >= 0.3 is 0 Å². The van der Waals surface area contributed by atoms with Gasteiger partial charge in [-0.05, 0) is 6.20 Å². The second-order valence-electron chi connectivity index (χ2n) is 2.71. The third-order valence-corrected chi connectivity index (χ3v) is 1.49. The van der Waals surface area contributed by atoms with Gasteiger partial charge in [-0.25, -0.2) is 0 Å². The minimum atomic E-state index is -0.530. The van der Waals surface area contributed by atoms with Crippen LogP contribution in [0.3, 0.4) is 0 Å². The molecule has 5 N–H and O–H groups in total. The van der Waals surface area contributed by atoms with Gasteiger partial charge in [-0.15, -0.1) is 0 Å². The van der Waals surface area contributed by atoms with E-state index in [2.05, 4.69) is 27.2 Å². The van der Waals surface area contributed by atoms with E-state index in [1.165, 1.54) is 13.1 Å². The van der Waals surface area contributed by atoms with Crippen molar-refractivity contribution in [3.63, 3.8) is 0 Å². The van der Waals surface area contributed by atoms with Crippen LogP contribution in [0, 0.1) is 0 Å². The number of rotatable bonds is 3. The van der Waals surface area contributed by atoms with Gasteiger partial charge in [0.15, 0.2) is 5.82 Å². The topological polar surface area (TPSA) is 113 Å². The predicted molar refractivity (Wildman–Crippen MR) is 57.4 cm³/mol. The molecule has 1 rings (SSSR count). The summed E-state index contributed by atoms with van der Waals surface area (Å²) in [6, 6.07) is 0. The van der Waals surface area contributed by atoms with Crippen molar-refractivity contribution in [2.45, 2.75) is 6.92 Å². The Balaban J connectivity index is 3.16. The van der Waals surface area contributed by atoms with Crippen molar-refractivity contribution in [3.8, 4) is 0 Å². The molecule has 0 aliphatic rings. The Morgan fingerprint density at radius 3 is 2.87 bits per heavy atom. The van der Waals surface area contributed by atoms with Crippen molar-refractivity contribution in [3.05, 3.63) is 23.1 Å². The van der Waals surface area contributed by atoms with Gasteiger partial charge in [-0.1, -0.05) is 6.58 Å². The normalized spacial score (nSPS) is 9.40. The van der Waals surface area contributed by atoms with Gasteiger partial charge in [-0.2, -0.15) is 4.98 Å². The Morgan fingerprint density at radius 2 is 2.33 bits per heavy atom. The highest BCUT2D eigenvalue weighted by Crippen LogP contribution is 2.10. The molecule has 0 saturated carbocycles. The van der Waals surface area contributed by atoms with Crippen LogP contribution < -0.4 is 21.9 Å². The molecule has 80 valence electrons. The number of hydrogen-bond acceptors (Lipinski definition) is 5. The number of hydrogen-bond donors (Lipinski definition) is 4. The van der Waals surface area contributed by atoms with Crippen LogP contribution in [-0.2, 0) is 4.79 Å². The Bertz CT molecular complexity index is 451. The summed E-state index contributed by atoms with van der Waals surface area (Å²) in [5.74, 6) is -0.156. The summed E-state index contributed by atoms with van der Waals surface area (Å²) in [7, 11) is 0. The zero-order valence-corrected chi connectivity index (χ0v) is 8.13. The van der Waals surface area contributed by atoms with Crippen molar-refractivity contribution >= 4 is 23.4 Å². The number of anilines is 3. The van der Waals surface area contributed by atoms with Gasteiger partial charge in [0.1, 0.15) is 5.69 Å². The average molecular weight is 209 g/mol. The van der Waals surface area contributed by atoms with Crippen LogP contribution in [-0.4, -0.2) is 15.9 Å². The van der Waals surface area contributed by atoms with Crippen LogP contribution in [0.2, 0.25) is 0 Å². The van der Waals surface area contributed by atoms with E-state index in [9.17, 15) is 9.59 Å². The third kappa shape index (κ3) is 2.56. The lowest BCUT2D eigenvalue weighted by Gasteiger charge is -2.06. The fourth-order valence-corrected chi connectivity index (χ4v) is 0.915. The van der Waals surface area contributed by atoms with Crippen LogP contribution >= 0.6 is 0 Å². The molecule has 0 spiro atoms. The summed E-state index contributed by atoms with van der Waals surface area (Å²) in [6.07, 6.45) is 1.33. The highest BCUT2D eigenvalue weighted by molar-refractivity contribution is 5.87. The molecule has 0 radical (unpaired) electrons. The zero-order valence-electron chi connectivity index (χ0n) is 8.13. The number of nitrogens with one attached hydrogen (secondary N) is 3. The van der Waals surface area contributed by atoms with E-state index in [0.717, 1.165) is 0 Å². The van der Waals surface area contributed by atoms with E-state index in [4.69, 9.17) is 5.73 Å². The summed E-state index contributed by atoms with van der Waals surface area (Å²) in [4.78, 5) is 28.2. The number of carbonyl (C=O) groups is 1. The van der Waals surface area contributed by atoms with Gasteiger partial charge in [0.05, 0.1) is 0 Å². The molecule has 0 aromatic carbocycles. The van der Waals surface area contributed by atoms with Gasteiger partial charge < -0.3 is 11.1 Å². The Morgan fingerprint density at radius 1 is 1.67 bits per heavy atom. The molecule has 15 heavy (non-hydrogen) atoms. The molecule has 0 unspecified atom stereocenters. The minimum absolute atomic E-state index is 0.0334. The van der Waals surface area contributed by atoms with Gasteiger partial charge in [0.25, 0.3) is 5.56 Å². The average Bonchev–Trinajstić information content (AvgIpc) is 2.12. The monoisotopic (exact) mass is 209 g/mol. The van der Waals surface area contributed by atoms with Gasteiger partial charge in [0, 0.05) is 6.92 Å². The van der Waals surface area contributed by atoms with Crippen molar-refractivity contribution in [1.29, 1.82) is 0 Å². The lowest BCUT2D eigenvalue weighted by atomic mass is 10.4. The molecule has 1 aromatic rings. The predicted octanol–water partition coefficient (Wildman–Crippen LogP) is -0.134. The Hall–Kier alpha value is -2.31. The second-order valence-corrected chi connectivity index (χ2v) is 2.71. The maximum absolute atomic E-state index is 11.3. The number of nitrogens with zero attached hydrogens (tertiary/aromatic N) is 1. The SMILES string of the molecule is C=CNc1nc(NC(C)=O)[nH]c(=O)c1N. The van der Waals surface area contributed by atoms with E-state index in [1.807, 2.05) is 0 Å². The molecule has 0 aliphatic carbocycles. The molecule has 1 amide bonds. The summed E-state index contributed by atoms with van der Waals surface area (Å²) in [5, 5.41) is 4.92. The lowest BCUT2D eigenvalue weighted by Crippen LogP contribution is -2.20. The molecule has 0 atom stereocenters. The maximum Gasteiger partial charge on any atom is 0.277 e. The number of amides is 1. The number of nitrogen functional groups attached to an aromatic ring is 1. The quantitative estimate of drug-likeness (QED) is 0.553. The van der Waals surface area contributed by atoms with E-state index in [-0.39, 0.29) is 23.4 Å². The molecular weight excluding hydrogens is 198 g/mol. The maximum atomic E-state index is 11.3. The molecule has 1 aromatic heterocycles. The van der Waals surface area contributed by atoms with Gasteiger partial charge in [-0.3, -0.25) is 19.9 Å². The van der Waals surface area contributed by atoms with Crippen LogP contribution in [0.1, 0.15) is 6.92 Å². The first-order valence-corrected chi connectivity index (χ1v) is 4.09.